The lowest BCUT2D eigenvalue weighted by Crippen LogP contribution is -2.13. The third-order valence-corrected chi connectivity index (χ3v) is 5.44. The molecule has 1 aliphatic heterocycles. The highest BCUT2D eigenvalue weighted by atomic mass is 32.2. The summed E-state index contributed by atoms with van der Waals surface area (Å²) < 4.78 is 5.95. The molecular weight excluding hydrogens is 280 g/mol. The van der Waals surface area contributed by atoms with Crippen LogP contribution in [0.5, 0.6) is 5.75 Å². The summed E-state index contributed by atoms with van der Waals surface area (Å²) in [4.78, 5) is 13.0. The van der Waals surface area contributed by atoms with Crippen molar-refractivity contribution < 1.29 is 9.53 Å². The van der Waals surface area contributed by atoms with E-state index < -0.39 is 0 Å². The van der Waals surface area contributed by atoms with Gasteiger partial charge in [0.15, 0.2) is 5.78 Å². The van der Waals surface area contributed by atoms with Crippen molar-refractivity contribution in [3.05, 3.63) is 59.2 Å². The number of rotatable bonds is 3. The van der Waals surface area contributed by atoms with Gasteiger partial charge in [0.1, 0.15) is 12.4 Å². The summed E-state index contributed by atoms with van der Waals surface area (Å²) >= 11 is 1.90. The third kappa shape index (κ3) is 2.46. The van der Waals surface area contributed by atoms with Crippen molar-refractivity contribution in [2.45, 2.75) is 29.4 Å². The highest BCUT2D eigenvalue weighted by Crippen LogP contribution is 2.37. The van der Waals surface area contributed by atoms with Crippen molar-refractivity contribution in [2.75, 3.05) is 6.61 Å². The zero-order valence-corrected chi connectivity index (χ0v) is 12.5. The molecular formula is C18H16O2S. The van der Waals surface area contributed by atoms with E-state index in [0.717, 1.165) is 29.7 Å². The standard InChI is InChI=1S/C18H16O2S/c19-17-8-5-12-9-14(6-7-16(12)17)20-11-15-10-13-3-1-2-4-18(13)21-15/h1-4,6-7,9,15H,5,8,10-11H2. The van der Waals surface area contributed by atoms with Crippen molar-refractivity contribution in [2.24, 2.45) is 0 Å². The van der Waals surface area contributed by atoms with Gasteiger partial charge in [0.2, 0.25) is 0 Å². The van der Waals surface area contributed by atoms with Gasteiger partial charge >= 0.3 is 0 Å². The molecule has 0 radical (unpaired) electrons. The van der Waals surface area contributed by atoms with Crippen LogP contribution in [0.2, 0.25) is 0 Å². The SMILES string of the molecule is O=C1CCc2cc(OCC3Cc4ccccc4S3)ccc21. The first-order valence-corrected chi connectivity index (χ1v) is 8.21. The minimum Gasteiger partial charge on any atom is -0.492 e. The van der Waals surface area contributed by atoms with Gasteiger partial charge in [0, 0.05) is 22.1 Å². The van der Waals surface area contributed by atoms with Crippen molar-refractivity contribution in [1.82, 2.24) is 0 Å². The van der Waals surface area contributed by atoms with Crippen molar-refractivity contribution in [1.29, 1.82) is 0 Å². The third-order valence-electron chi connectivity index (χ3n) is 4.15. The van der Waals surface area contributed by atoms with Gasteiger partial charge in [-0.15, -0.1) is 11.8 Å². The highest BCUT2D eigenvalue weighted by Gasteiger charge is 2.23. The molecule has 1 atom stereocenters. The highest BCUT2D eigenvalue weighted by molar-refractivity contribution is 8.00. The summed E-state index contributed by atoms with van der Waals surface area (Å²) in [5, 5.41) is 0.484. The topological polar surface area (TPSA) is 26.3 Å². The molecule has 0 aromatic heterocycles. The molecule has 1 heterocycles. The molecule has 2 aromatic carbocycles. The Morgan fingerprint density at radius 3 is 2.90 bits per heavy atom. The van der Waals surface area contributed by atoms with Crippen LogP contribution in [0.1, 0.15) is 27.9 Å². The van der Waals surface area contributed by atoms with Crippen LogP contribution in [0.15, 0.2) is 47.4 Å². The summed E-state index contributed by atoms with van der Waals surface area (Å²) in [6.45, 7) is 0.714. The summed E-state index contributed by atoms with van der Waals surface area (Å²) in [6, 6.07) is 14.4. The predicted molar refractivity (Wildman–Crippen MR) is 84.4 cm³/mol. The fraction of sp³-hybridized carbons (Fsp3) is 0.278. The first-order chi connectivity index (χ1) is 10.3. The minimum absolute atomic E-state index is 0.262. The Morgan fingerprint density at radius 1 is 1.10 bits per heavy atom. The second kappa shape index (κ2) is 5.23. The number of ketones is 1. The van der Waals surface area contributed by atoms with E-state index in [-0.39, 0.29) is 5.78 Å². The monoisotopic (exact) mass is 296 g/mol. The Balaban J connectivity index is 1.41. The van der Waals surface area contributed by atoms with Crippen LogP contribution in [0.3, 0.4) is 0 Å². The number of carbonyl (C=O) groups excluding carboxylic acids is 1. The molecule has 4 rings (SSSR count). The van der Waals surface area contributed by atoms with Gasteiger partial charge in [-0.05, 0) is 48.2 Å². The van der Waals surface area contributed by atoms with E-state index in [1.54, 1.807) is 0 Å². The maximum absolute atomic E-state index is 11.6. The van der Waals surface area contributed by atoms with Gasteiger partial charge in [0.05, 0.1) is 0 Å². The number of benzene rings is 2. The number of carbonyl (C=O) groups is 1. The Kier molecular flexibility index (Phi) is 3.23. The van der Waals surface area contributed by atoms with Gasteiger partial charge in [0.25, 0.3) is 0 Å². The second-order valence-electron chi connectivity index (χ2n) is 5.60. The van der Waals surface area contributed by atoms with Gasteiger partial charge in [-0.1, -0.05) is 18.2 Å². The average Bonchev–Trinajstić information content (AvgIpc) is 3.08. The number of hydrogen-bond acceptors (Lipinski definition) is 3. The van der Waals surface area contributed by atoms with E-state index in [1.165, 1.54) is 10.5 Å². The number of hydrogen-bond donors (Lipinski definition) is 0. The Morgan fingerprint density at radius 2 is 2.00 bits per heavy atom. The summed E-state index contributed by atoms with van der Waals surface area (Å²) in [5.74, 6) is 1.15. The molecule has 2 aromatic rings. The lowest BCUT2D eigenvalue weighted by Gasteiger charge is -2.11. The Labute approximate surface area is 128 Å². The lowest BCUT2D eigenvalue weighted by molar-refractivity contribution is 0.0994. The molecule has 2 aliphatic rings. The van der Waals surface area contributed by atoms with E-state index in [4.69, 9.17) is 4.74 Å². The largest absolute Gasteiger partial charge is 0.492 e. The van der Waals surface area contributed by atoms with Gasteiger partial charge in [-0.25, -0.2) is 0 Å². The van der Waals surface area contributed by atoms with E-state index in [0.29, 0.717) is 18.3 Å². The van der Waals surface area contributed by atoms with E-state index in [9.17, 15) is 4.79 Å². The molecule has 106 valence electrons. The first-order valence-electron chi connectivity index (χ1n) is 7.33. The van der Waals surface area contributed by atoms with E-state index in [2.05, 4.69) is 24.3 Å². The molecule has 1 aliphatic carbocycles. The van der Waals surface area contributed by atoms with Crippen LogP contribution in [-0.2, 0) is 12.8 Å². The van der Waals surface area contributed by atoms with Crippen LogP contribution < -0.4 is 4.74 Å². The lowest BCUT2D eigenvalue weighted by atomic mass is 10.1. The zero-order chi connectivity index (χ0) is 14.2. The fourth-order valence-corrected chi connectivity index (χ4v) is 4.28. The molecule has 0 saturated heterocycles. The molecule has 0 fully saturated rings. The number of ether oxygens (including phenoxy) is 1. The first kappa shape index (κ1) is 13.0. The van der Waals surface area contributed by atoms with Crippen molar-refractivity contribution in [3.8, 4) is 5.75 Å². The molecule has 0 bridgehead atoms. The molecule has 21 heavy (non-hydrogen) atoms. The maximum Gasteiger partial charge on any atom is 0.163 e. The fourth-order valence-electron chi connectivity index (χ4n) is 3.06. The quantitative estimate of drug-likeness (QED) is 0.859. The Hall–Kier alpha value is -1.74. The van der Waals surface area contributed by atoms with Crippen molar-refractivity contribution in [3.63, 3.8) is 0 Å². The molecule has 2 nitrogen and oxygen atoms in total. The normalized spacial score (nSPS) is 19.4. The summed E-state index contributed by atoms with van der Waals surface area (Å²) in [7, 11) is 0. The van der Waals surface area contributed by atoms with Crippen LogP contribution in [0.25, 0.3) is 0 Å². The number of fused-ring (bicyclic) bond motifs is 2. The molecule has 3 heteroatoms. The van der Waals surface area contributed by atoms with Gasteiger partial charge < -0.3 is 4.74 Å². The maximum atomic E-state index is 11.6. The number of aryl methyl sites for hydroxylation is 1. The summed E-state index contributed by atoms with van der Waals surface area (Å²) in [5.41, 5.74) is 3.44. The molecule has 1 unspecified atom stereocenters. The van der Waals surface area contributed by atoms with Crippen LogP contribution >= 0.6 is 11.8 Å². The molecule has 0 amide bonds. The smallest absolute Gasteiger partial charge is 0.163 e. The van der Waals surface area contributed by atoms with Crippen LogP contribution in [0.4, 0.5) is 0 Å². The zero-order valence-electron chi connectivity index (χ0n) is 11.7. The number of Topliss-reactive ketones (excluding diaryl/α,β-unsaturated/α-hetero) is 1. The molecule has 0 saturated carbocycles. The van der Waals surface area contributed by atoms with E-state index >= 15 is 0 Å². The summed E-state index contributed by atoms with van der Waals surface area (Å²) in [6.07, 6.45) is 2.58. The average molecular weight is 296 g/mol. The van der Waals surface area contributed by atoms with Gasteiger partial charge in [-0.3, -0.25) is 4.79 Å². The number of thioether (sulfide) groups is 1. The van der Waals surface area contributed by atoms with Crippen LogP contribution in [0, 0.1) is 0 Å². The predicted octanol–water partition coefficient (Wildman–Crippen LogP) is 3.91. The Bertz CT molecular complexity index is 683. The molecule has 0 spiro atoms. The second-order valence-corrected chi connectivity index (χ2v) is 6.95. The van der Waals surface area contributed by atoms with E-state index in [1.807, 2.05) is 30.0 Å². The van der Waals surface area contributed by atoms with Gasteiger partial charge in [-0.2, -0.15) is 0 Å². The molecule has 0 N–H and O–H groups in total. The van der Waals surface area contributed by atoms with Crippen LogP contribution in [-0.4, -0.2) is 17.6 Å². The minimum atomic E-state index is 0.262. The van der Waals surface area contributed by atoms with Crippen molar-refractivity contribution >= 4 is 17.5 Å².